The highest BCUT2D eigenvalue weighted by Crippen LogP contribution is 2.25. The zero-order chi connectivity index (χ0) is 19.0. The van der Waals surface area contributed by atoms with Gasteiger partial charge in [-0.15, -0.1) is 11.3 Å². The van der Waals surface area contributed by atoms with E-state index in [-0.39, 0.29) is 5.91 Å². The molecule has 0 unspecified atom stereocenters. The Morgan fingerprint density at radius 2 is 2.04 bits per heavy atom. The number of anilines is 1. The summed E-state index contributed by atoms with van der Waals surface area (Å²) in [6, 6.07) is 9.88. The normalized spacial score (nSPS) is 11.1. The quantitative estimate of drug-likeness (QED) is 0.485. The number of carbonyl (C=O) groups is 1. The standard InChI is InChI=1S/C19H15BrN4O2S/c1-10-7-15(16-11(2)24-26-18(16)22-10)17(25)23-19-21-9-14(27-19)8-12-3-5-13(20)6-4-12/h3-7,9H,8H2,1-2H3,(H,21,23,25). The zero-order valence-electron chi connectivity index (χ0n) is 14.6. The molecule has 3 aromatic heterocycles. The molecule has 0 bridgehead atoms. The highest BCUT2D eigenvalue weighted by atomic mass is 79.9. The van der Waals surface area contributed by atoms with Crippen molar-refractivity contribution in [2.75, 3.05) is 5.32 Å². The molecule has 0 saturated heterocycles. The molecule has 1 N–H and O–H groups in total. The van der Waals surface area contributed by atoms with Crippen molar-refractivity contribution in [1.82, 2.24) is 15.1 Å². The van der Waals surface area contributed by atoms with Gasteiger partial charge in [-0.05, 0) is 37.6 Å². The van der Waals surface area contributed by atoms with E-state index in [1.165, 1.54) is 16.9 Å². The molecule has 136 valence electrons. The van der Waals surface area contributed by atoms with Crippen LogP contribution in [0.4, 0.5) is 5.13 Å². The lowest BCUT2D eigenvalue weighted by Crippen LogP contribution is -2.13. The molecule has 3 heterocycles. The van der Waals surface area contributed by atoms with Crippen LogP contribution in [0.25, 0.3) is 11.1 Å². The van der Waals surface area contributed by atoms with Gasteiger partial charge < -0.3 is 4.52 Å². The van der Waals surface area contributed by atoms with Crippen LogP contribution in [0.1, 0.15) is 32.2 Å². The molecule has 1 aromatic carbocycles. The number of nitrogens with one attached hydrogen (secondary N) is 1. The van der Waals surface area contributed by atoms with Gasteiger partial charge in [0.25, 0.3) is 11.6 Å². The summed E-state index contributed by atoms with van der Waals surface area (Å²) in [6.45, 7) is 3.60. The number of thiazole rings is 1. The average molecular weight is 443 g/mol. The van der Waals surface area contributed by atoms with Crippen molar-refractivity contribution >= 4 is 49.4 Å². The first-order valence-corrected chi connectivity index (χ1v) is 9.84. The topological polar surface area (TPSA) is 80.9 Å². The summed E-state index contributed by atoms with van der Waals surface area (Å²) in [5.41, 5.74) is 3.37. The molecule has 0 atom stereocenters. The Kier molecular flexibility index (Phi) is 4.75. The molecule has 0 aliphatic carbocycles. The summed E-state index contributed by atoms with van der Waals surface area (Å²) in [4.78, 5) is 22.5. The van der Waals surface area contributed by atoms with Gasteiger partial charge in [0.1, 0.15) is 0 Å². The maximum absolute atomic E-state index is 12.8. The van der Waals surface area contributed by atoms with Crippen molar-refractivity contribution in [2.24, 2.45) is 0 Å². The van der Waals surface area contributed by atoms with Gasteiger partial charge in [0.15, 0.2) is 5.13 Å². The summed E-state index contributed by atoms with van der Waals surface area (Å²) >= 11 is 4.90. The van der Waals surface area contributed by atoms with Crippen molar-refractivity contribution in [1.29, 1.82) is 0 Å². The lowest BCUT2D eigenvalue weighted by Gasteiger charge is -2.04. The molecular formula is C19H15BrN4O2S. The number of carbonyl (C=O) groups excluding carboxylic acids is 1. The summed E-state index contributed by atoms with van der Waals surface area (Å²) in [7, 11) is 0. The Hall–Kier alpha value is -2.58. The first-order chi connectivity index (χ1) is 13.0. The van der Waals surface area contributed by atoms with Gasteiger partial charge >= 0.3 is 0 Å². The molecule has 27 heavy (non-hydrogen) atoms. The van der Waals surface area contributed by atoms with Gasteiger partial charge in [0.05, 0.1) is 16.6 Å². The van der Waals surface area contributed by atoms with E-state index in [2.05, 4.69) is 48.5 Å². The predicted molar refractivity (Wildman–Crippen MR) is 108 cm³/mol. The van der Waals surface area contributed by atoms with E-state index in [1.54, 1.807) is 19.2 Å². The van der Waals surface area contributed by atoms with Crippen LogP contribution in [0.15, 0.2) is 45.5 Å². The van der Waals surface area contributed by atoms with Crippen molar-refractivity contribution in [3.63, 3.8) is 0 Å². The second-order valence-electron chi connectivity index (χ2n) is 6.15. The van der Waals surface area contributed by atoms with Crippen LogP contribution in [0, 0.1) is 13.8 Å². The van der Waals surface area contributed by atoms with E-state index in [9.17, 15) is 4.79 Å². The molecule has 0 saturated carbocycles. The third-order valence-corrected chi connectivity index (χ3v) is 5.50. The molecule has 1 amide bonds. The largest absolute Gasteiger partial charge is 0.336 e. The summed E-state index contributed by atoms with van der Waals surface area (Å²) in [5.74, 6) is -0.249. The molecular weight excluding hydrogens is 428 g/mol. The van der Waals surface area contributed by atoms with Crippen molar-refractivity contribution in [3.8, 4) is 0 Å². The van der Waals surface area contributed by atoms with Gasteiger partial charge in [-0.1, -0.05) is 33.2 Å². The minimum atomic E-state index is -0.249. The Morgan fingerprint density at radius 3 is 2.81 bits per heavy atom. The van der Waals surface area contributed by atoms with Gasteiger partial charge in [0, 0.05) is 27.7 Å². The number of nitrogens with zero attached hydrogens (tertiary/aromatic N) is 3. The Bertz CT molecular complexity index is 1130. The van der Waals surface area contributed by atoms with Crippen LogP contribution in [-0.4, -0.2) is 21.0 Å². The minimum Gasteiger partial charge on any atom is -0.336 e. The Balaban J connectivity index is 1.55. The SMILES string of the molecule is Cc1cc(C(=O)Nc2ncc(Cc3ccc(Br)cc3)s2)c2c(C)noc2n1. The van der Waals surface area contributed by atoms with Crippen molar-refractivity contribution < 1.29 is 9.32 Å². The van der Waals surface area contributed by atoms with Crippen LogP contribution in [0.2, 0.25) is 0 Å². The molecule has 0 radical (unpaired) electrons. The number of pyridine rings is 1. The maximum atomic E-state index is 12.8. The van der Waals surface area contributed by atoms with Gasteiger partial charge in [-0.2, -0.15) is 0 Å². The first kappa shape index (κ1) is 17.8. The molecule has 4 aromatic rings. The van der Waals surface area contributed by atoms with Crippen LogP contribution in [-0.2, 0) is 6.42 Å². The summed E-state index contributed by atoms with van der Waals surface area (Å²) in [5, 5.41) is 7.97. The number of aromatic nitrogens is 3. The molecule has 0 spiro atoms. The molecule has 8 heteroatoms. The van der Waals surface area contributed by atoms with Gasteiger partial charge in [0.2, 0.25) is 0 Å². The number of rotatable bonds is 4. The fraction of sp³-hybridized carbons (Fsp3) is 0.158. The second kappa shape index (κ2) is 7.21. The third-order valence-electron chi connectivity index (χ3n) is 4.06. The number of hydrogen-bond donors (Lipinski definition) is 1. The average Bonchev–Trinajstić information content (AvgIpc) is 3.23. The third kappa shape index (κ3) is 3.77. The molecule has 6 nitrogen and oxygen atoms in total. The minimum absolute atomic E-state index is 0.249. The van der Waals surface area contributed by atoms with Crippen LogP contribution in [0.5, 0.6) is 0 Å². The van der Waals surface area contributed by atoms with Crippen LogP contribution >= 0.6 is 27.3 Å². The number of aryl methyl sites for hydroxylation is 2. The monoisotopic (exact) mass is 442 g/mol. The smallest absolute Gasteiger partial charge is 0.258 e. The molecule has 0 aliphatic heterocycles. The fourth-order valence-corrected chi connectivity index (χ4v) is 3.92. The highest BCUT2D eigenvalue weighted by Gasteiger charge is 2.18. The number of hydrogen-bond acceptors (Lipinski definition) is 6. The van der Waals surface area contributed by atoms with Crippen LogP contribution < -0.4 is 5.32 Å². The van der Waals surface area contributed by atoms with E-state index in [1.807, 2.05) is 19.1 Å². The Labute approximate surface area is 167 Å². The molecule has 0 fully saturated rings. The van der Waals surface area contributed by atoms with Crippen molar-refractivity contribution in [3.05, 3.63) is 68.4 Å². The number of benzene rings is 1. The molecule has 4 rings (SSSR count). The Morgan fingerprint density at radius 1 is 1.26 bits per heavy atom. The number of halogens is 1. The van der Waals surface area contributed by atoms with Gasteiger partial charge in [-0.25, -0.2) is 9.97 Å². The second-order valence-corrected chi connectivity index (χ2v) is 8.18. The maximum Gasteiger partial charge on any atom is 0.258 e. The molecule has 0 aliphatic rings. The summed E-state index contributed by atoms with van der Waals surface area (Å²) in [6.07, 6.45) is 2.56. The lowest BCUT2D eigenvalue weighted by atomic mass is 10.1. The fourth-order valence-electron chi connectivity index (χ4n) is 2.81. The zero-order valence-corrected chi connectivity index (χ0v) is 17.0. The lowest BCUT2D eigenvalue weighted by molar-refractivity contribution is 0.102. The first-order valence-electron chi connectivity index (χ1n) is 8.24. The number of fused-ring (bicyclic) bond motifs is 1. The van der Waals surface area contributed by atoms with E-state index >= 15 is 0 Å². The van der Waals surface area contributed by atoms with E-state index in [0.29, 0.717) is 33.2 Å². The van der Waals surface area contributed by atoms with E-state index < -0.39 is 0 Å². The highest BCUT2D eigenvalue weighted by molar-refractivity contribution is 9.10. The van der Waals surface area contributed by atoms with Gasteiger partial charge in [-0.3, -0.25) is 10.1 Å². The summed E-state index contributed by atoms with van der Waals surface area (Å²) < 4.78 is 6.24. The predicted octanol–water partition coefficient (Wildman–Crippen LogP) is 4.90. The number of amides is 1. The van der Waals surface area contributed by atoms with Crippen LogP contribution in [0.3, 0.4) is 0 Å². The van der Waals surface area contributed by atoms with E-state index in [0.717, 1.165) is 15.8 Å². The van der Waals surface area contributed by atoms with E-state index in [4.69, 9.17) is 4.52 Å². The van der Waals surface area contributed by atoms with Crippen molar-refractivity contribution in [2.45, 2.75) is 20.3 Å².